The first-order chi connectivity index (χ1) is 23.8. The number of likely N-dealkylation sites (N-methyl/N-ethyl adjacent to an activating group) is 1. The number of ketones is 2. The summed E-state index contributed by atoms with van der Waals surface area (Å²) in [5, 5.41) is 46.3. The van der Waals surface area contributed by atoms with Gasteiger partial charge in [0.15, 0.2) is 11.4 Å². The van der Waals surface area contributed by atoms with Crippen LogP contribution in [-0.4, -0.2) is 88.9 Å². The summed E-state index contributed by atoms with van der Waals surface area (Å²) < 4.78 is 10.7. The lowest BCUT2D eigenvalue weighted by Crippen LogP contribution is -2.63. The highest BCUT2D eigenvalue weighted by Crippen LogP contribution is 2.52. The summed E-state index contributed by atoms with van der Waals surface area (Å²) in [5.74, 6) is 6.23. The third kappa shape index (κ3) is 5.71. The predicted molar refractivity (Wildman–Crippen MR) is 182 cm³/mol. The average Bonchev–Trinajstić information content (AvgIpc) is 3.09. The summed E-state index contributed by atoms with van der Waals surface area (Å²) in [4.78, 5) is 41.9. The molecule has 6 rings (SSSR count). The maximum Gasteiger partial charge on any atom is 0.255 e. The van der Waals surface area contributed by atoms with Crippen LogP contribution in [0.4, 0.5) is 0 Å². The normalized spacial score (nSPS) is 27.4. The summed E-state index contributed by atoms with van der Waals surface area (Å²) in [6, 6.07) is 7.59. The van der Waals surface area contributed by atoms with Crippen molar-refractivity contribution in [2.75, 3.05) is 28.3 Å². The standard InChI is InChI=1S/C39H40N2O9/c1-41(2)32-28-19-24-18-27-22(11-5-20-7-13-25(49-3)14-8-20)17-23(12-6-21-9-15-26(50-4)16-10-21)33(42)30(27)34(43)29(24)36(45)39(28,48)37(46)31(35(32)44)38(40)47/h9-10,15-17,20,24-25,28,32,42,44-45,48H,7-8,13-14,18-19H2,1-4H3,(H2,40,47)/t20?,24-,25?,28-,32-,39-/m0/s1. The van der Waals surface area contributed by atoms with E-state index in [2.05, 4.69) is 23.7 Å². The third-order valence-corrected chi connectivity index (χ3v) is 10.6. The fourth-order valence-electron chi connectivity index (χ4n) is 7.96. The number of benzene rings is 2. The Kier molecular flexibility index (Phi) is 9.27. The average molecular weight is 681 g/mol. The van der Waals surface area contributed by atoms with Gasteiger partial charge in [-0.15, -0.1) is 0 Å². The molecule has 4 aliphatic rings. The number of methoxy groups -OCH3 is 2. The molecule has 1 saturated carbocycles. The van der Waals surface area contributed by atoms with E-state index < -0.39 is 63.8 Å². The monoisotopic (exact) mass is 680 g/mol. The van der Waals surface area contributed by atoms with Gasteiger partial charge >= 0.3 is 0 Å². The van der Waals surface area contributed by atoms with Crippen LogP contribution in [0.5, 0.6) is 11.5 Å². The van der Waals surface area contributed by atoms with E-state index in [0.29, 0.717) is 22.4 Å². The number of rotatable bonds is 4. The van der Waals surface area contributed by atoms with Crippen molar-refractivity contribution in [3.8, 4) is 35.2 Å². The van der Waals surface area contributed by atoms with Gasteiger partial charge in [-0.1, -0.05) is 23.7 Å². The molecule has 11 heteroatoms. The first-order valence-corrected chi connectivity index (χ1v) is 16.6. The first-order valence-electron chi connectivity index (χ1n) is 16.6. The molecule has 0 spiro atoms. The molecule has 1 fully saturated rings. The molecule has 6 N–H and O–H groups in total. The minimum atomic E-state index is -2.73. The lowest BCUT2D eigenvalue weighted by Gasteiger charge is -2.50. The Bertz CT molecular complexity index is 1960. The number of aromatic hydroxyl groups is 1. The molecule has 0 radical (unpaired) electrons. The number of amides is 1. The van der Waals surface area contributed by atoms with Crippen LogP contribution in [0.2, 0.25) is 0 Å². The minimum absolute atomic E-state index is 0.0144. The molecule has 11 nitrogen and oxygen atoms in total. The summed E-state index contributed by atoms with van der Waals surface area (Å²) in [7, 11) is 6.44. The van der Waals surface area contributed by atoms with Gasteiger partial charge in [-0.3, -0.25) is 19.3 Å². The van der Waals surface area contributed by atoms with Gasteiger partial charge in [-0.25, -0.2) is 0 Å². The first kappa shape index (κ1) is 34.8. The number of aliphatic hydroxyl groups excluding tert-OH is 2. The largest absolute Gasteiger partial charge is 0.510 e. The Morgan fingerprint density at radius 3 is 2.26 bits per heavy atom. The van der Waals surface area contributed by atoms with Crippen molar-refractivity contribution in [1.29, 1.82) is 0 Å². The zero-order valence-corrected chi connectivity index (χ0v) is 28.4. The molecule has 0 aromatic heterocycles. The van der Waals surface area contributed by atoms with Crippen molar-refractivity contribution in [2.45, 2.75) is 56.3 Å². The van der Waals surface area contributed by atoms with E-state index in [1.807, 2.05) is 0 Å². The number of nitrogens with two attached hydrogens (primary N) is 1. The zero-order chi connectivity index (χ0) is 36.1. The van der Waals surface area contributed by atoms with E-state index in [1.165, 1.54) is 4.90 Å². The zero-order valence-electron chi connectivity index (χ0n) is 28.4. The van der Waals surface area contributed by atoms with E-state index in [9.17, 15) is 34.8 Å². The molecule has 0 heterocycles. The molecule has 4 atom stereocenters. The number of phenolic OH excluding ortho intramolecular Hbond substituents is 1. The fourth-order valence-corrected chi connectivity index (χ4v) is 7.96. The summed E-state index contributed by atoms with van der Waals surface area (Å²) in [6.07, 6.45) is 3.77. The van der Waals surface area contributed by atoms with Crippen LogP contribution in [0.1, 0.15) is 64.7 Å². The lowest BCUT2D eigenvalue weighted by atomic mass is 9.58. The van der Waals surface area contributed by atoms with Crippen molar-refractivity contribution in [3.63, 3.8) is 0 Å². The van der Waals surface area contributed by atoms with Crippen LogP contribution in [-0.2, 0) is 20.7 Å². The quantitative estimate of drug-likeness (QED) is 0.238. The Hall–Kier alpha value is -5.07. The van der Waals surface area contributed by atoms with E-state index in [-0.39, 0.29) is 41.6 Å². The van der Waals surface area contributed by atoms with Crippen molar-refractivity contribution < 1.29 is 44.3 Å². The number of fused-ring (bicyclic) bond motifs is 3. The number of hydrogen-bond acceptors (Lipinski definition) is 10. The van der Waals surface area contributed by atoms with Crippen LogP contribution in [0.15, 0.2) is 53.0 Å². The van der Waals surface area contributed by atoms with Crippen LogP contribution in [0, 0.1) is 41.4 Å². The minimum Gasteiger partial charge on any atom is -0.510 e. The summed E-state index contributed by atoms with van der Waals surface area (Å²) in [6.45, 7) is 0. The highest BCUT2D eigenvalue weighted by Gasteiger charge is 2.63. The van der Waals surface area contributed by atoms with Gasteiger partial charge in [0.2, 0.25) is 5.78 Å². The number of phenols is 1. The molecule has 1 amide bonds. The van der Waals surface area contributed by atoms with Crippen LogP contribution in [0.3, 0.4) is 0 Å². The van der Waals surface area contributed by atoms with Crippen molar-refractivity contribution in [1.82, 2.24) is 4.90 Å². The van der Waals surface area contributed by atoms with Crippen molar-refractivity contribution in [3.05, 3.63) is 80.8 Å². The van der Waals surface area contributed by atoms with Crippen LogP contribution >= 0.6 is 0 Å². The maximum atomic E-state index is 14.4. The molecular weight excluding hydrogens is 640 g/mol. The highest BCUT2D eigenvalue weighted by molar-refractivity contribution is 6.24. The fraction of sp³-hybridized carbons (Fsp3) is 0.410. The smallest absolute Gasteiger partial charge is 0.255 e. The van der Waals surface area contributed by atoms with Gasteiger partial charge < -0.3 is 35.6 Å². The lowest BCUT2D eigenvalue weighted by molar-refractivity contribution is -0.148. The topological polar surface area (TPSA) is 180 Å². The second-order valence-corrected chi connectivity index (χ2v) is 13.6. The summed E-state index contributed by atoms with van der Waals surface area (Å²) >= 11 is 0. The van der Waals surface area contributed by atoms with E-state index in [4.69, 9.17) is 15.2 Å². The Morgan fingerprint density at radius 2 is 1.66 bits per heavy atom. The molecule has 2 aromatic rings. The van der Waals surface area contributed by atoms with Gasteiger partial charge in [0.1, 0.15) is 28.6 Å². The molecule has 2 aromatic carbocycles. The number of aliphatic hydroxyl groups is 3. The number of hydrogen-bond donors (Lipinski definition) is 5. The van der Waals surface area contributed by atoms with Crippen LogP contribution in [0.25, 0.3) is 0 Å². The van der Waals surface area contributed by atoms with Crippen molar-refractivity contribution in [2.24, 2.45) is 23.5 Å². The van der Waals surface area contributed by atoms with Gasteiger partial charge in [0.25, 0.3) is 5.91 Å². The highest BCUT2D eigenvalue weighted by atomic mass is 16.5. The molecule has 0 aliphatic heterocycles. The number of allylic oxidation sites excluding steroid dienone is 1. The molecule has 260 valence electrons. The summed E-state index contributed by atoms with van der Waals surface area (Å²) in [5.41, 5.74) is 3.24. The molecular formula is C39H40N2O9. The Labute approximate surface area is 290 Å². The number of carbonyl (C=O) groups is 3. The molecule has 0 unspecified atom stereocenters. The number of Topliss-reactive ketones (excluding diaryl/α,β-unsaturated/α-hetero) is 2. The van der Waals surface area contributed by atoms with Gasteiger partial charge in [0.05, 0.1) is 30.4 Å². The van der Waals surface area contributed by atoms with Gasteiger partial charge in [0, 0.05) is 35.6 Å². The second kappa shape index (κ2) is 13.3. The number of primary amides is 1. The number of carbonyl (C=O) groups excluding carboxylic acids is 3. The van der Waals surface area contributed by atoms with E-state index in [0.717, 1.165) is 25.7 Å². The molecule has 4 aliphatic carbocycles. The second-order valence-electron chi connectivity index (χ2n) is 13.6. The van der Waals surface area contributed by atoms with Gasteiger partial charge in [-0.05, 0) is 94.4 Å². The van der Waals surface area contributed by atoms with Crippen molar-refractivity contribution >= 4 is 17.5 Å². The number of nitrogens with zero attached hydrogens (tertiary/aromatic N) is 1. The third-order valence-electron chi connectivity index (χ3n) is 10.6. The molecule has 0 bridgehead atoms. The van der Waals surface area contributed by atoms with E-state index >= 15 is 0 Å². The molecule has 0 saturated heterocycles. The SMILES string of the molecule is COc1ccc(C#Cc2cc(C#CC3CCC(OC)CC3)c3c(c2O)C(=O)C2=C(O)[C@]4(O)C(=O)C(C(N)=O)=C(O)[C@@H](N(C)C)[C@@H]4C[C@@H]2C3)cc1. The number of ether oxygens (including phenoxy) is 2. The Balaban J connectivity index is 1.50. The van der Waals surface area contributed by atoms with Crippen LogP contribution < -0.4 is 10.5 Å². The van der Waals surface area contributed by atoms with E-state index in [1.54, 1.807) is 58.6 Å². The Morgan fingerprint density at radius 1 is 0.980 bits per heavy atom. The maximum absolute atomic E-state index is 14.4. The van der Waals surface area contributed by atoms with Gasteiger partial charge in [-0.2, -0.15) is 0 Å². The predicted octanol–water partition coefficient (Wildman–Crippen LogP) is 3.09. The molecule has 50 heavy (non-hydrogen) atoms.